The van der Waals surface area contributed by atoms with Gasteiger partial charge in [0, 0.05) is 6.20 Å². The Morgan fingerprint density at radius 3 is 2.88 bits per heavy atom. The van der Waals surface area contributed by atoms with Gasteiger partial charge in [-0.2, -0.15) is 0 Å². The highest BCUT2D eigenvalue weighted by molar-refractivity contribution is 5.74. The molecule has 0 N–H and O–H groups in total. The Bertz CT molecular complexity index is 365. The molecule has 0 aliphatic rings. The molecule has 4 nitrogen and oxygen atoms in total. The van der Waals surface area contributed by atoms with Crippen LogP contribution in [0.4, 0.5) is 0 Å². The average Bonchev–Trinajstić information content (AvgIpc) is 2.35. The zero-order chi connectivity index (χ0) is 12.7. The fourth-order valence-electron chi connectivity index (χ4n) is 1.49. The van der Waals surface area contributed by atoms with Crippen LogP contribution >= 0.6 is 0 Å². The first-order chi connectivity index (χ1) is 8.19. The van der Waals surface area contributed by atoms with Crippen LogP contribution in [0.15, 0.2) is 18.3 Å². The number of rotatable bonds is 6. The Morgan fingerprint density at radius 2 is 2.29 bits per heavy atom. The topological polar surface area (TPSA) is 48.4 Å². The van der Waals surface area contributed by atoms with Gasteiger partial charge in [0.15, 0.2) is 6.10 Å². The number of methoxy groups -OCH3 is 1. The Labute approximate surface area is 102 Å². The quantitative estimate of drug-likeness (QED) is 0.713. The Balaban J connectivity index is 2.72. The van der Waals surface area contributed by atoms with Gasteiger partial charge in [-0.3, -0.25) is 4.98 Å². The monoisotopic (exact) mass is 237 g/mol. The molecule has 1 atom stereocenters. The number of carbonyl (C=O) groups is 1. The van der Waals surface area contributed by atoms with Crippen LogP contribution in [0.2, 0.25) is 0 Å². The third-order valence-electron chi connectivity index (χ3n) is 2.51. The highest BCUT2D eigenvalue weighted by Crippen LogP contribution is 2.18. The zero-order valence-corrected chi connectivity index (χ0v) is 10.6. The molecule has 0 spiro atoms. The smallest absolute Gasteiger partial charge is 0.347 e. The van der Waals surface area contributed by atoms with E-state index in [4.69, 9.17) is 9.47 Å². The second-order valence-corrected chi connectivity index (χ2v) is 3.86. The van der Waals surface area contributed by atoms with Crippen molar-refractivity contribution in [2.45, 2.75) is 39.2 Å². The SMILES string of the molecule is CCCCC(Oc1cccnc1C)C(=O)OC. The summed E-state index contributed by atoms with van der Waals surface area (Å²) in [4.78, 5) is 15.7. The molecule has 0 saturated carbocycles. The van der Waals surface area contributed by atoms with Crippen LogP contribution in [0.25, 0.3) is 0 Å². The number of aromatic nitrogens is 1. The normalized spacial score (nSPS) is 11.9. The lowest BCUT2D eigenvalue weighted by molar-refractivity contribution is -0.149. The van der Waals surface area contributed by atoms with Crippen molar-refractivity contribution in [2.75, 3.05) is 7.11 Å². The lowest BCUT2D eigenvalue weighted by Crippen LogP contribution is -2.28. The van der Waals surface area contributed by atoms with E-state index in [2.05, 4.69) is 11.9 Å². The molecule has 1 aromatic rings. The van der Waals surface area contributed by atoms with Gasteiger partial charge in [-0.05, 0) is 31.9 Å². The van der Waals surface area contributed by atoms with E-state index in [0.29, 0.717) is 12.2 Å². The maximum absolute atomic E-state index is 11.6. The molecule has 0 bridgehead atoms. The second-order valence-electron chi connectivity index (χ2n) is 3.86. The molecule has 0 amide bonds. The van der Waals surface area contributed by atoms with Crippen LogP contribution < -0.4 is 4.74 Å². The summed E-state index contributed by atoms with van der Waals surface area (Å²) < 4.78 is 10.4. The van der Waals surface area contributed by atoms with Crippen molar-refractivity contribution in [1.82, 2.24) is 4.98 Å². The second kappa shape index (κ2) is 6.89. The van der Waals surface area contributed by atoms with E-state index < -0.39 is 6.10 Å². The summed E-state index contributed by atoms with van der Waals surface area (Å²) in [7, 11) is 1.38. The molecule has 94 valence electrons. The molecular weight excluding hydrogens is 218 g/mol. The van der Waals surface area contributed by atoms with Crippen molar-refractivity contribution < 1.29 is 14.3 Å². The number of nitrogens with zero attached hydrogens (tertiary/aromatic N) is 1. The number of esters is 1. The first-order valence-electron chi connectivity index (χ1n) is 5.85. The number of aryl methyl sites for hydroxylation is 1. The summed E-state index contributed by atoms with van der Waals surface area (Å²) in [6.45, 7) is 3.92. The number of pyridine rings is 1. The highest BCUT2D eigenvalue weighted by Gasteiger charge is 2.21. The number of hydrogen-bond acceptors (Lipinski definition) is 4. The third kappa shape index (κ3) is 4.06. The van der Waals surface area contributed by atoms with Gasteiger partial charge in [0.2, 0.25) is 0 Å². The lowest BCUT2D eigenvalue weighted by Gasteiger charge is -2.17. The molecule has 0 fully saturated rings. The Morgan fingerprint density at radius 1 is 1.53 bits per heavy atom. The van der Waals surface area contributed by atoms with Crippen molar-refractivity contribution in [3.63, 3.8) is 0 Å². The van der Waals surface area contributed by atoms with Crippen LogP contribution in [-0.4, -0.2) is 24.2 Å². The van der Waals surface area contributed by atoms with E-state index in [1.165, 1.54) is 7.11 Å². The lowest BCUT2D eigenvalue weighted by atomic mass is 10.1. The Hall–Kier alpha value is -1.58. The van der Waals surface area contributed by atoms with Crippen molar-refractivity contribution in [1.29, 1.82) is 0 Å². The number of ether oxygens (including phenoxy) is 2. The fraction of sp³-hybridized carbons (Fsp3) is 0.538. The molecule has 0 radical (unpaired) electrons. The van der Waals surface area contributed by atoms with Gasteiger partial charge in [-0.1, -0.05) is 13.3 Å². The van der Waals surface area contributed by atoms with Crippen LogP contribution in [-0.2, 0) is 9.53 Å². The van der Waals surface area contributed by atoms with E-state index in [0.717, 1.165) is 18.5 Å². The van der Waals surface area contributed by atoms with E-state index in [9.17, 15) is 4.79 Å². The molecular formula is C13H19NO3. The first kappa shape index (κ1) is 13.5. The van der Waals surface area contributed by atoms with E-state index in [1.54, 1.807) is 12.3 Å². The van der Waals surface area contributed by atoms with Crippen molar-refractivity contribution in [3.05, 3.63) is 24.0 Å². The molecule has 1 heterocycles. The van der Waals surface area contributed by atoms with Crippen LogP contribution in [0.5, 0.6) is 5.75 Å². The highest BCUT2D eigenvalue weighted by atomic mass is 16.6. The van der Waals surface area contributed by atoms with Gasteiger partial charge in [0.1, 0.15) is 5.75 Å². The first-order valence-corrected chi connectivity index (χ1v) is 5.85. The average molecular weight is 237 g/mol. The van der Waals surface area contributed by atoms with Crippen molar-refractivity contribution in [3.8, 4) is 5.75 Å². The summed E-state index contributed by atoms with van der Waals surface area (Å²) in [5, 5.41) is 0. The summed E-state index contributed by atoms with van der Waals surface area (Å²) in [6, 6.07) is 3.60. The van der Waals surface area contributed by atoms with E-state index in [-0.39, 0.29) is 5.97 Å². The minimum absolute atomic E-state index is 0.332. The molecule has 0 aliphatic heterocycles. The minimum atomic E-state index is -0.539. The molecule has 17 heavy (non-hydrogen) atoms. The predicted octanol–water partition coefficient (Wildman–Crippen LogP) is 2.50. The van der Waals surface area contributed by atoms with Gasteiger partial charge in [0.25, 0.3) is 0 Å². The van der Waals surface area contributed by atoms with Crippen molar-refractivity contribution >= 4 is 5.97 Å². The van der Waals surface area contributed by atoms with Crippen LogP contribution in [0.3, 0.4) is 0 Å². The van der Waals surface area contributed by atoms with Gasteiger partial charge in [-0.25, -0.2) is 4.79 Å². The van der Waals surface area contributed by atoms with Gasteiger partial charge in [0.05, 0.1) is 12.8 Å². The predicted molar refractivity (Wildman–Crippen MR) is 64.9 cm³/mol. The van der Waals surface area contributed by atoms with Crippen LogP contribution in [0, 0.1) is 6.92 Å². The Kier molecular flexibility index (Phi) is 5.46. The maximum atomic E-state index is 11.6. The third-order valence-corrected chi connectivity index (χ3v) is 2.51. The summed E-state index contributed by atoms with van der Waals surface area (Å²) >= 11 is 0. The number of hydrogen-bond donors (Lipinski definition) is 0. The van der Waals surface area contributed by atoms with Gasteiger partial charge < -0.3 is 9.47 Å². The fourth-order valence-corrected chi connectivity index (χ4v) is 1.49. The number of unbranched alkanes of at least 4 members (excludes halogenated alkanes) is 1. The number of carbonyl (C=O) groups excluding carboxylic acids is 1. The molecule has 4 heteroatoms. The molecule has 0 aromatic carbocycles. The maximum Gasteiger partial charge on any atom is 0.347 e. The molecule has 0 saturated heterocycles. The molecule has 1 aromatic heterocycles. The standard InChI is InChI=1S/C13H19NO3/c1-4-5-7-12(13(15)16-3)17-11-8-6-9-14-10(11)2/h6,8-9,12H,4-5,7H2,1-3H3. The molecule has 0 aliphatic carbocycles. The summed E-state index contributed by atoms with van der Waals surface area (Å²) in [5.41, 5.74) is 0.776. The minimum Gasteiger partial charge on any atom is -0.477 e. The van der Waals surface area contributed by atoms with E-state index >= 15 is 0 Å². The summed E-state index contributed by atoms with van der Waals surface area (Å²) in [6.07, 6.45) is 3.77. The zero-order valence-electron chi connectivity index (χ0n) is 10.6. The van der Waals surface area contributed by atoms with Crippen LogP contribution in [0.1, 0.15) is 31.9 Å². The largest absolute Gasteiger partial charge is 0.477 e. The van der Waals surface area contributed by atoms with Crippen molar-refractivity contribution in [2.24, 2.45) is 0 Å². The molecule has 1 rings (SSSR count). The van der Waals surface area contributed by atoms with E-state index in [1.807, 2.05) is 13.0 Å². The molecule has 1 unspecified atom stereocenters. The summed E-state index contributed by atoms with van der Waals surface area (Å²) in [5.74, 6) is 0.306. The van der Waals surface area contributed by atoms with Gasteiger partial charge >= 0.3 is 5.97 Å². The van der Waals surface area contributed by atoms with Gasteiger partial charge in [-0.15, -0.1) is 0 Å².